The van der Waals surface area contributed by atoms with Gasteiger partial charge in [0.1, 0.15) is 11.2 Å². The standard InChI is InChI=1S/C45H27N3OS/c1-3-10-28(11-4-1)29-18-20-30(21-19-29)34-15-9-16-37-36-24-22-33(27-41(36)50-42(34)37)45-47-43(31-12-5-2-6-13-31)46-44(48-45)32-23-25-40-38(26-32)35-14-7-8-17-39(35)49-40/h1-27H/i9D,15D,16D,22D,24D,27D. The summed E-state index contributed by atoms with van der Waals surface area (Å²) in [5, 5.41) is 2.36. The highest BCUT2D eigenvalue weighted by Crippen LogP contribution is 2.42. The summed E-state index contributed by atoms with van der Waals surface area (Å²) in [6.45, 7) is 0. The van der Waals surface area contributed by atoms with Crippen molar-refractivity contribution in [3.8, 4) is 56.4 Å². The average molecular weight is 664 g/mol. The third-order valence-corrected chi connectivity index (χ3v) is 9.99. The maximum absolute atomic E-state index is 9.59. The maximum atomic E-state index is 9.59. The lowest BCUT2D eigenvalue weighted by atomic mass is 9.99. The maximum Gasteiger partial charge on any atom is 0.164 e. The number of hydrogen-bond acceptors (Lipinski definition) is 5. The molecule has 0 unspecified atom stereocenters. The summed E-state index contributed by atoms with van der Waals surface area (Å²) in [5.41, 5.74) is 6.10. The van der Waals surface area contributed by atoms with Crippen molar-refractivity contribution in [1.82, 2.24) is 15.0 Å². The fourth-order valence-corrected chi connectivity index (χ4v) is 7.53. The summed E-state index contributed by atoms with van der Waals surface area (Å²) in [4.78, 5) is 14.5. The molecule has 3 heterocycles. The van der Waals surface area contributed by atoms with Crippen molar-refractivity contribution in [2.45, 2.75) is 0 Å². The molecule has 0 saturated heterocycles. The van der Waals surface area contributed by atoms with E-state index in [9.17, 15) is 4.11 Å². The van der Waals surface area contributed by atoms with Crippen LogP contribution in [0.4, 0.5) is 0 Å². The second-order valence-corrected chi connectivity index (χ2v) is 13.0. The van der Waals surface area contributed by atoms with Gasteiger partial charge in [0.05, 0.1) is 8.22 Å². The van der Waals surface area contributed by atoms with E-state index >= 15 is 0 Å². The normalized spacial score (nSPS) is 13.3. The van der Waals surface area contributed by atoms with Gasteiger partial charge in [0.2, 0.25) is 0 Å². The number of fused-ring (bicyclic) bond motifs is 6. The molecule has 3 aromatic heterocycles. The second-order valence-electron chi connectivity index (χ2n) is 11.9. The molecule has 7 aromatic carbocycles. The Labute approximate surface area is 300 Å². The van der Waals surface area contributed by atoms with Crippen molar-refractivity contribution >= 4 is 53.4 Å². The first-order chi connectivity index (χ1) is 27.3. The Morgan fingerprint density at radius 2 is 1.08 bits per heavy atom. The number of furan rings is 1. The predicted octanol–water partition coefficient (Wildman–Crippen LogP) is 12.5. The highest BCUT2D eigenvalue weighted by molar-refractivity contribution is 7.26. The molecule has 50 heavy (non-hydrogen) atoms. The number of hydrogen-bond donors (Lipinski definition) is 0. The number of benzene rings is 7. The minimum absolute atomic E-state index is 0.0576. The molecular weight excluding hydrogens is 631 g/mol. The summed E-state index contributed by atoms with van der Waals surface area (Å²) in [7, 11) is 0. The first-order valence-electron chi connectivity index (χ1n) is 19.1. The van der Waals surface area contributed by atoms with E-state index in [1.165, 1.54) is 11.3 Å². The van der Waals surface area contributed by atoms with Crippen LogP contribution < -0.4 is 0 Å². The van der Waals surface area contributed by atoms with Gasteiger partial charge in [0, 0.05) is 47.6 Å². The third-order valence-electron chi connectivity index (χ3n) is 8.87. The summed E-state index contributed by atoms with van der Waals surface area (Å²) in [5.74, 6) is 0.742. The van der Waals surface area contributed by atoms with Crippen molar-refractivity contribution in [3.63, 3.8) is 0 Å². The van der Waals surface area contributed by atoms with Crippen molar-refractivity contribution in [3.05, 3.63) is 164 Å². The molecule has 0 fully saturated rings. The Morgan fingerprint density at radius 1 is 0.460 bits per heavy atom. The quantitative estimate of drug-likeness (QED) is 0.184. The fraction of sp³-hybridized carbons (Fsp3) is 0. The zero-order valence-corrected chi connectivity index (χ0v) is 27.1. The van der Waals surface area contributed by atoms with Crippen LogP contribution >= 0.6 is 11.3 Å². The fourth-order valence-electron chi connectivity index (χ4n) is 6.39. The van der Waals surface area contributed by atoms with Gasteiger partial charge in [-0.2, -0.15) is 0 Å². The molecule has 10 rings (SSSR count). The van der Waals surface area contributed by atoms with Crippen molar-refractivity contribution in [2.24, 2.45) is 0 Å². The molecule has 5 heteroatoms. The third kappa shape index (κ3) is 4.87. The SMILES string of the molecule is [2H]c1c([2H])c([2H])c2c(sc3c([2H])c(-c4nc(-c5ccccc5)nc(-c5ccc6oc7ccccc7c6c5)n4)c([2H])c([2H])c32)c1-c1ccc(-c2ccccc2)cc1. The van der Waals surface area contributed by atoms with E-state index < -0.39 is 0 Å². The minimum Gasteiger partial charge on any atom is -0.456 e. The molecule has 0 amide bonds. The zero-order valence-electron chi connectivity index (χ0n) is 32.3. The van der Waals surface area contributed by atoms with Gasteiger partial charge in [-0.25, -0.2) is 15.0 Å². The lowest BCUT2D eigenvalue weighted by molar-refractivity contribution is 0.669. The molecule has 10 aromatic rings. The van der Waals surface area contributed by atoms with Gasteiger partial charge in [-0.15, -0.1) is 11.3 Å². The van der Waals surface area contributed by atoms with Crippen LogP contribution in [-0.2, 0) is 0 Å². The number of aromatic nitrogens is 3. The molecular formula is C45H27N3OS. The Kier molecular flexibility index (Phi) is 5.35. The summed E-state index contributed by atoms with van der Waals surface area (Å²) in [6, 6.07) is 39.4. The van der Waals surface area contributed by atoms with E-state index in [-0.39, 0.29) is 58.4 Å². The van der Waals surface area contributed by atoms with Crippen LogP contribution in [0.1, 0.15) is 8.22 Å². The van der Waals surface area contributed by atoms with Crippen molar-refractivity contribution < 1.29 is 12.6 Å². The van der Waals surface area contributed by atoms with E-state index in [0.29, 0.717) is 43.3 Å². The largest absolute Gasteiger partial charge is 0.456 e. The Morgan fingerprint density at radius 3 is 1.88 bits per heavy atom. The van der Waals surface area contributed by atoms with Crippen molar-refractivity contribution in [1.29, 1.82) is 0 Å². The van der Waals surface area contributed by atoms with Crippen LogP contribution in [0.15, 0.2) is 168 Å². The molecule has 0 spiro atoms. The molecule has 0 aliphatic rings. The molecule has 0 bridgehead atoms. The van der Waals surface area contributed by atoms with Crippen LogP contribution in [-0.4, -0.2) is 15.0 Å². The Hall–Kier alpha value is -6.43. The highest BCUT2D eigenvalue weighted by atomic mass is 32.1. The lowest BCUT2D eigenvalue weighted by Gasteiger charge is -2.08. The van der Waals surface area contributed by atoms with Gasteiger partial charge in [0.15, 0.2) is 17.5 Å². The molecule has 0 aliphatic heterocycles. The number of nitrogens with zero attached hydrogens (tertiary/aromatic N) is 3. The molecule has 4 nitrogen and oxygen atoms in total. The van der Waals surface area contributed by atoms with E-state index in [0.717, 1.165) is 33.1 Å². The Bertz CT molecular complexity index is 3200. The first-order valence-corrected chi connectivity index (χ1v) is 16.9. The van der Waals surface area contributed by atoms with Crippen molar-refractivity contribution in [2.75, 3.05) is 0 Å². The molecule has 0 saturated carbocycles. The van der Waals surface area contributed by atoms with Crippen LogP contribution in [0.3, 0.4) is 0 Å². The lowest BCUT2D eigenvalue weighted by Crippen LogP contribution is -2.00. The van der Waals surface area contributed by atoms with Gasteiger partial charge in [-0.1, -0.05) is 133 Å². The monoisotopic (exact) mass is 663 g/mol. The summed E-state index contributed by atoms with van der Waals surface area (Å²) < 4.78 is 62.0. The summed E-state index contributed by atoms with van der Waals surface area (Å²) >= 11 is 1.19. The van der Waals surface area contributed by atoms with Gasteiger partial charge >= 0.3 is 0 Å². The molecule has 0 radical (unpaired) electrons. The van der Waals surface area contributed by atoms with Gasteiger partial charge in [-0.3, -0.25) is 0 Å². The van der Waals surface area contributed by atoms with Crippen LogP contribution in [0, 0.1) is 0 Å². The molecule has 0 N–H and O–H groups in total. The van der Waals surface area contributed by atoms with Crippen LogP contribution in [0.5, 0.6) is 0 Å². The number of para-hydroxylation sites is 1. The van der Waals surface area contributed by atoms with Gasteiger partial charge in [0.25, 0.3) is 0 Å². The average Bonchev–Trinajstić information content (AvgIpc) is 3.82. The van der Waals surface area contributed by atoms with E-state index in [2.05, 4.69) is 0 Å². The van der Waals surface area contributed by atoms with E-state index in [1.807, 2.05) is 127 Å². The first kappa shape index (κ1) is 23.0. The Balaban J connectivity index is 1.20. The predicted molar refractivity (Wildman–Crippen MR) is 207 cm³/mol. The van der Waals surface area contributed by atoms with Crippen LogP contribution in [0.25, 0.3) is 98.5 Å². The molecule has 0 aliphatic carbocycles. The van der Waals surface area contributed by atoms with Gasteiger partial charge < -0.3 is 4.42 Å². The number of rotatable bonds is 5. The van der Waals surface area contributed by atoms with Gasteiger partial charge in [-0.05, 0) is 52.6 Å². The topological polar surface area (TPSA) is 51.8 Å². The van der Waals surface area contributed by atoms with E-state index in [1.54, 1.807) is 0 Å². The number of thiophene rings is 1. The minimum atomic E-state index is -0.280. The summed E-state index contributed by atoms with van der Waals surface area (Å²) in [6.07, 6.45) is 0. The molecule has 234 valence electrons. The second kappa shape index (κ2) is 11.6. The van der Waals surface area contributed by atoms with E-state index in [4.69, 9.17) is 23.5 Å². The van der Waals surface area contributed by atoms with Crippen LogP contribution in [0.2, 0.25) is 0 Å². The zero-order chi connectivity index (χ0) is 38.2. The smallest absolute Gasteiger partial charge is 0.164 e. The highest BCUT2D eigenvalue weighted by Gasteiger charge is 2.17. The molecule has 0 atom stereocenters.